The van der Waals surface area contributed by atoms with Crippen LogP contribution in [0.5, 0.6) is 0 Å². The fourth-order valence-electron chi connectivity index (χ4n) is 1.59. The van der Waals surface area contributed by atoms with Crippen LogP contribution in [0.4, 0.5) is 11.5 Å². The molecule has 2 aromatic heterocycles. The predicted octanol–water partition coefficient (Wildman–Crippen LogP) is 2.07. The van der Waals surface area contributed by atoms with E-state index < -0.39 is 4.92 Å². The van der Waals surface area contributed by atoms with Gasteiger partial charge in [-0.15, -0.1) is 0 Å². The summed E-state index contributed by atoms with van der Waals surface area (Å²) in [5, 5.41) is 10.8. The van der Waals surface area contributed by atoms with Crippen LogP contribution in [0.25, 0.3) is 0 Å². The van der Waals surface area contributed by atoms with Crippen LogP contribution < -0.4 is 4.90 Å². The number of nitrogens with zero attached hydrogens (tertiary/aromatic N) is 5. The van der Waals surface area contributed by atoms with E-state index in [2.05, 4.69) is 15.0 Å². The third-order valence-electron chi connectivity index (χ3n) is 2.43. The maximum Gasteiger partial charge on any atom is 0.348 e. The van der Waals surface area contributed by atoms with Crippen molar-refractivity contribution < 1.29 is 4.92 Å². The number of pyridine rings is 1. The number of nitro groups is 1. The van der Waals surface area contributed by atoms with Crippen LogP contribution in [-0.2, 0) is 6.54 Å². The highest BCUT2D eigenvalue weighted by atomic mass is 35.5. The van der Waals surface area contributed by atoms with Gasteiger partial charge in [-0.25, -0.2) is 9.97 Å². The van der Waals surface area contributed by atoms with Gasteiger partial charge in [-0.05, 0) is 12.1 Å². The predicted molar refractivity (Wildman–Crippen MR) is 70.0 cm³/mol. The maximum absolute atomic E-state index is 11.0. The molecule has 98 valence electrons. The fraction of sp³-hybridized carbons (Fsp3) is 0.182. The fourth-order valence-corrected chi connectivity index (χ4v) is 1.79. The van der Waals surface area contributed by atoms with Gasteiger partial charge in [-0.3, -0.25) is 15.1 Å². The molecule has 0 aliphatic carbocycles. The Bertz CT molecular complexity index is 593. The van der Waals surface area contributed by atoms with Gasteiger partial charge in [0.1, 0.15) is 6.33 Å². The van der Waals surface area contributed by atoms with E-state index in [0.29, 0.717) is 6.54 Å². The lowest BCUT2D eigenvalue weighted by Crippen LogP contribution is -2.20. The van der Waals surface area contributed by atoms with Crippen molar-refractivity contribution in [3.8, 4) is 0 Å². The Labute approximate surface area is 114 Å². The first-order valence-electron chi connectivity index (χ1n) is 5.35. The van der Waals surface area contributed by atoms with Gasteiger partial charge in [0.15, 0.2) is 0 Å². The van der Waals surface area contributed by atoms with E-state index in [1.807, 2.05) is 12.1 Å². The lowest BCUT2D eigenvalue weighted by Gasteiger charge is -2.17. The Balaban J connectivity index is 2.31. The zero-order valence-corrected chi connectivity index (χ0v) is 10.8. The van der Waals surface area contributed by atoms with Crippen molar-refractivity contribution in [1.29, 1.82) is 0 Å². The van der Waals surface area contributed by atoms with Crippen molar-refractivity contribution in [2.45, 2.75) is 6.54 Å². The summed E-state index contributed by atoms with van der Waals surface area (Å²) in [6, 6.07) is 5.47. The van der Waals surface area contributed by atoms with Crippen LogP contribution in [0.15, 0.2) is 30.7 Å². The molecule has 0 aliphatic rings. The first-order chi connectivity index (χ1) is 9.09. The Kier molecular flexibility index (Phi) is 3.86. The van der Waals surface area contributed by atoms with Crippen LogP contribution >= 0.6 is 11.6 Å². The topological polar surface area (TPSA) is 85.0 Å². The molecule has 2 rings (SSSR count). The van der Waals surface area contributed by atoms with E-state index in [9.17, 15) is 10.1 Å². The van der Waals surface area contributed by atoms with Crippen LogP contribution in [0, 0.1) is 10.1 Å². The second kappa shape index (κ2) is 5.57. The van der Waals surface area contributed by atoms with Gasteiger partial charge in [-0.1, -0.05) is 17.7 Å². The van der Waals surface area contributed by atoms with Gasteiger partial charge in [-0.2, -0.15) is 0 Å². The Morgan fingerprint density at radius 3 is 2.79 bits per heavy atom. The van der Waals surface area contributed by atoms with E-state index in [-0.39, 0.29) is 16.7 Å². The summed E-state index contributed by atoms with van der Waals surface area (Å²) in [4.78, 5) is 23.7. The molecule has 0 saturated carbocycles. The zero-order chi connectivity index (χ0) is 13.8. The molecule has 0 spiro atoms. The average Bonchev–Trinajstić information content (AvgIpc) is 2.39. The summed E-state index contributed by atoms with van der Waals surface area (Å²) >= 11 is 5.74. The number of rotatable bonds is 4. The van der Waals surface area contributed by atoms with E-state index >= 15 is 0 Å². The van der Waals surface area contributed by atoms with Gasteiger partial charge in [0, 0.05) is 13.2 Å². The summed E-state index contributed by atoms with van der Waals surface area (Å²) in [6.45, 7) is 0.384. The summed E-state index contributed by atoms with van der Waals surface area (Å²) in [5.74, 6) is 0.163. The lowest BCUT2D eigenvalue weighted by molar-refractivity contribution is -0.384. The molecule has 0 radical (unpaired) electrons. The van der Waals surface area contributed by atoms with Crippen molar-refractivity contribution in [1.82, 2.24) is 15.0 Å². The van der Waals surface area contributed by atoms with Gasteiger partial charge in [0.2, 0.25) is 11.0 Å². The molecule has 2 heterocycles. The third kappa shape index (κ3) is 2.94. The monoisotopic (exact) mass is 279 g/mol. The minimum atomic E-state index is -0.591. The molecule has 0 amide bonds. The molecular formula is C11H10ClN5O2. The number of anilines is 1. The second-order valence-corrected chi connectivity index (χ2v) is 4.13. The highest BCUT2D eigenvalue weighted by Crippen LogP contribution is 2.30. The van der Waals surface area contributed by atoms with E-state index in [0.717, 1.165) is 5.69 Å². The first kappa shape index (κ1) is 13.2. The highest BCUT2D eigenvalue weighted by Gasteiger charge is 2.24. The standard InChI is InChI=1S/C11H10ClN5O2/c1-16(6-8-4-2-3-5-13-8)11-9(17(18)19)10(12)14-7-15-11/h2-5,7H,6H2,1H3. The summed E-state index contributed by atoms with van der Waals surface area (Å²) in [6.07, 6.45) is 2.85. The Hall–Kier alpha value is -2.28. The number of halogens is 1. The molecular weight excluding hydrogens is 270 g/mol. The average molecular weight is 280 g/mol. The molecule has 0 bridgehead atoms. The third-order valence-corrected chi connectivity index (χ3v) is 2.70. The number of hydrogen-bond acceptors (Lipinski definition) is 6. The SMILES string of the molecule is CN(Cc1ccccn1)c1ncnc(Cl)c1[N+](=O)[O-]. The van der Waals surface area contributed by atoms with E-state index in [1.54, 1.807) is 24.2 Å². The normalized spacial score (nSPS) is 10.2. The maximum atomic E-state index is 11.0. The summed E-state index contributed by atoms with van der Waals surface area (Å²) in [7, 11) is 1.68. The van der Waals surface area contributed by atoms with Crippen molar-refractivity contribution in [2.24, 2.45) is 0 Å². The Morgan fingerprint density at radius 2 is 2.16 bits per heavy atom. The quantitative estimate of drug-likeness (QED) is 0.484. The molecule has 19 heavy (non-hydrogen) atoms. The van der Waals surface area contributed by atoms with E-state index in [4.69, 9.17) is 11.6 Å². The Morgan fingerprint density at radius 1 is 1.37 bits per heavy atom. The summed E-state index contributed by atoms with van der Waals surface area (Å²) < 4.78 is 0. The molecule has 2 aromatic rings. The van der Waals surface area contributed by atoms with Crippen LogP contribution in [0.2, 0.25) is 5.15 Å². The van der Waals surface area contributed by atoms with Crippen molar-refractivity contribution in [2.75, 3.05) is 11.9 Å². The molecule has 7 nitrogen and oxygen atoms in total. The van der Waals surface area contributed by atoms with Crippen molar-refractivity contribution in [3.05, 3.63) is 51.7 Å². The van der Waals surface area contributed by atoms with Crippen molar-refractivity contribution >= 4 is 23.1 Å². The molecule has 0 unspecified atom stereocenters. The molecule has 8 heteroatoms. The second-order valence-electron chi connectivity index (χ2n) is 3.77. The highest BCUT2D eigenvalue weighted by molar-refractivity contribution is 6.31. The smallest absolute Gasteiger partial charge is 0.348 e. The minimum Gasteiger partial charge on any atom is -0.348 e. The molecule has 0 aromatic carbocycles. The van der Waals surface area contributed by atoms with Gasteiger partial charge >= 0.3 is 5.69 Å². The van der Waals surface area contributed by atoms with Gasteiger partial charge in [0.25, 0.3) is 0 Å². The number of aromatic nitrogens is 3. The summed E-state index contributed by atoms with van der Waals surface area (Å²) in [5.41, 5.74) is 0.469. The minimum absolute atomic E-state index is 0.163. The zero-order valence-electron chi connectivity index (χ0n) is 10.0. The molecule has 0 atom stereocenters. The molecule has 0 aliphatic heterocycles. The molecule has 0 saturated heterocycles. The molecule has 0 fully saturated rings. The largest absolute Gasteiger partial charge is 0.348 e. The van der Waals surface area contributed by atoms with Crippen LogP contribution in [-0.4, -0.2) is 26.9 Å². The van der Waals surface area contributed by atoms with Crippen LogP contribution in [0.3, 0.4) is 0 Å². The molecule has 0 N–H and O–H groups in total. The van der Waals surface area contributed by atoms with Gasteiger partial charge in [0.05, 0.1) is 17.2 Å². The lowest BCUT2D eigenvalue weighted by atomic mass is 10.3. The van der Waals surface area contributed by atoms with Crippen molar-refractivity contribution in [3.63, 3.8) is 0 Å². The number of hydrogen-bond donors (Lipinski definition) is 0. The van der Waals surface area contributed by atoms with Crippen LogP contribution in [0.1, 0.15) is 5.69 Å². The van der Waals surface area contributed by atoms with Gasteiger partial charge < -0.3 is 4.90 Å². The van der Waals surface area contributed by atoms with E-state index in [1.165, 1.54) is 6.33 Å². The first-order valence-corrected chi connectivity index (χ1v) is 5.73.